The van der Waals surface area contributed by atoms with Crippen LogP contribution >= 0.6 is 23.5 Å². The molecule has 0 heterocycles. The number of hydrogen-bond donors (Lipinski definition) is 0. The molecule has 0 spiro atoms. The van der Waals surface area contributed by atoms with Crippen LogP contribution in [0.2, 0.25) is 0 Å². The number of rotatable bonds is 4. The zero-order valence-electron chi connectivity index (χ0n) is 5.81. The summed E-state index contributed by atoms with van der Waals surface area (Å²) in [5.41, 5.74) is 0. The summed E-state index contributed by atoms with van der Waals surface area (Å²) in [7, 11) is 0. The van der Waals surface area contributed by atoms with Gasteiger partial charge in [-0.25, -0.2) is 0 Å². The molecular formula is C6H14S2. The van der Waals surface area contributed by atoms with Crippen molar-refractivity contribution in [2.24, 2.45) is 0 Å². The molecule has 0 rings (SSSR count). The van der Waals surface area contributed by atoms with Gasteiger partial charge in [-0.2, -0.15) is 23.5 Å². The first-order chi connectivity index (χ1) is 3.77. The van der Waals surface area contributed by atoms with Crippen molar-refractivity contribution in [1.82, 2.24) is 0 Å². The Morgan fingerprint density at radius 1 is 1.25 bits per heavy atom. The second-order valence-corrected chi connectivity index (χ2v) is 4.58. The van der Waals surface area contributed by atoms with E-state index < -0.39 is 0 Å². The quantitative estimate of drug-likeness (QED) is 0.565. The van der Waals surface area contributed by atoms with Crippen molar-refractivity contribution in [3.05, 3.63) is 0 Å². The van der Waals surface area contributed by atoms with Gasteiger partial charge in [-0.15, -0.1) is 0 Å². The van der Waals surface area contributed by atoms with Gasteiger partial charge in [-0.05, 0) is 11.5 Å². The van der Waals surface area contributed by atoms with Crippen LogP contribution in [0.25, 0.3) is 0 Å². The second-order valence-electron chi connectivity index (χ2n) is 1.91. The van der Waals surface area contributed by atoms with Gasteiger partial charge in [0.05, 0.1) is 0 Å². The molecule has 8 heavy (non-hydrogen) atoms. The molecule has 0 aliphatic rings. The normalized spacial score (nSPS) is 10.5. The van der Waals surface area contributed by atoms with Crippen molar-refractivity contribution < 1.29 is 0 Å². The molecule has 0 saturated carbocycles. The highest BCUT2D eigenvalue weighted by atomic mass is 32.2. The topological polar surface area (TPSA) is 0 Å². The molecule has 50 valence electrons. The molecular weight excluding hydrogens is 136 g/mol. The molecule has 0 fully saturated rings. The van der Waals surface area contributed by atoms with E-state index in [0.717, 1.165) is 5.25 Å². The van der Waals surface area contributed by atoms with Gasteiger partial charge in [-0.3, -0.25) is 0 Å². The van der Waals surface area contributed by atoms with Crippen molar-refractivity contribution >= 4 is 23.5 Å². The molecule has 0 bridgehead atoms. The van der Waals surface area contributed by atoms with Gasteiger partial charge in [0, 0.05) is 11.5 Å². The minimum atomic E-state index is 0.808. The van der Waals surface area contributed by atoms with Gasteiger partial charge in [-0.1, -0.05) is 13.8 Å². The van der Waals surface area contributed by atoms with E-state index >= 15 is 0 Å². The van der Waals surface area contributed by atoms with E-state index in [2.05, 4.69) is 20.1 Å². The van der Waals surface area contributed by atoms with Crippen LogP contribution in [-0.4, -0.2) is 23.0 Å². The van der Waals surface area contributed by atoms with E-state index in [1.54, 1.807) is 0 Å². The van der Waals surface area contributed by atoms with Crippen molar-refractivity contribution in [1.29, 1.82) is 0 Å². The predicted octanol–water partition coefficient (Wildman–Crippen LogP) is 2.49. The Hall–Kier alpha value is 0.700. The van der Waals surface area contributed by atoms with Gasteiger partial charge in [0.25, 0.3) is 0 Å². The molecule has 0 saturated heterocycles. The smallest absolute Gasteiger partial charge is 0.00260 e. The van der Waals surface area contributed by atoms with Gasteiger partial charge < -0.3 is 0 Å². The van der Waals surface area contributed by atoms with Crippen LogP contribution in [-0.2, 0) is 0 Å². The van der Waals surface area contributed by atoms with E-state index in [0.29, 0.717) is 0 Å². The third kappa shape index (κ3) is 6.70. The highest BCUT2D eigenvalue weighted by Crippen LogP contribution is 2.10. The van der Waals surface area contributed by atoms with Crippen LogP contribution in [0.5, 0.6) is 0 Å². The molecule has 0 aromatic carbocycles. The summed E-state index contributed by atoms with van der Waals surface area (Å²) in [5, 5.41) is 0.808. The fourth-order valence-corrected chi connectivity index (χ4v) is 1.89. The van der Waals surface area contributed by atoms with Crippen LogP contribution in [0.3, 0.4) is 0 Å². The largest absolute Gasteiger partial charge is 0.165 e. The summed E-state index contributed by atoms with van der Waals surface area (Å²) in [6.07, 6.45) is 2.15. The zero-order valence-corrected chi connectivity index (χ0v) is 7.44. The summed E-state index contributed by atoms with van der Waals surface area (Å²) in [5.74, 6) is 2.60. The monoisotopic (exact) mass is 150 g/mol. The van der Waals surface area contributed by atoms with E-state index in [1.807, 2.05) is 23.5 Å². The van der Waals surface area contributed by atoms with Crippen LogP contribution in [0.1, 0.15) is 13.8 Å². The Morgan fingerprint density at radius 2 is 1.88 bits per heavy atom. The molecule has 0 aliphatic carbocycles. The first kappa shape index (κ1) is 8.70. The summed E-state index contributed by atoms with van der Waals surface area (Å²) in [6.45, 7) is 4.48. The highest BCUT2D eigenvalue weighted by Gasteiger charge is 1.90. The molecule has 2 heteroatoms. The summed E-state index contributed by atoms with van der Waals surface area (Å²) < 4.78 is 0. The third-order valence-corrected chi connectivity index (χ3v) is 2.72. The van der Waals surface area contributed by atoms with Crippen LogP contribution < -0.4 is 0 Å². The molecule has 0 unspecified atom stereocenters. The minimum Gasteiger partial charge on any atom is -0.165 e. The maximum absolute atomic E-state index is 2.24. The molecule has 0 amide bonds. The molecule has 0 atom stereocenters. The van der Waals surface area contributed by atoms with Gasteiger partial charge in [0.2, 0.25) is 0 Å². The number of thioether (sulfide) groups is 2. The maximum atomic E-state index is 2.24. The lowest BCUT2D eigenvalue weighted by molar-refractivity contribution is 1.11. The van der Waals surface area contributed by atoms with Crippen molar-refractivity contribution in [2.75, 3.05) is 17.8 Å². The summed E-state index contributed by atoms with van der Waals surface area (Å²) in [4.78, 5) is 0. The first-order valence-electron chi connectivity index (χ1n) is 2.88. The number of hydrogen-bond acceptors (Lipinski definition) is 2. The predicted molar refractivity (Wildman–Crippen MR) is 46.0 cm³/mol. The van der Waals surface area contributed by atoms with Crippen molar-refractivity contribution in [3.8, 4) is 0 Å². The average Bonchev–Trinajstić information content (AvgIpc) is 1.66. The van der Waals surface area contributed by atoms with E-state index in [4.69, 9.17) is 0 Å². The molecule has 0 radical (unpaired) electrons. The standard InChI is InChI=1S/C6H14S2/c1-6(2)8-5-4-7-3/h6H,4-5H2,1-3H3. The van der Waals surface area contributed by atoms with Crippen LogP contribution in [0, 0.1) is 0 Å². The summed E-state index contributed by atoms with van der Waals surface area (Å²) >= 11 is 3.96. The second kappa shape index (κ2) is 5.83. The van der Waals surface area contributed by atoms with Crippen LogP contribution in [0.15, 0.2) is 0 Å². The lowest BCUT2D eigenvalue weighted by Crippen LogP contribution is -1.90. The molecule has 0 N–H and O–H groups in total. The van der Waals surface area contributed by atoms with Crippen molar-refractivity contribution in [2.45, 2.75) is 19.1 Å². The third-order valence-electron chi connectivity index (χ3n) is 0.739. The minimum absolute atomic E-state index is 0.808. The van der Waals surface area contributed by atoms with E-state index in [1.165, 1.54) is 11.5 Å². The molecule has 0 aromatic heterocycles. The molecule has 0 aromatic rings. The highest BCUT2D eigenvalue weighted by molar-refractivity contribution is 8.02. The Morgan fingerprint density at radius 3 is 2.25 bits per heavy atom. The average molecular weight is 150 g/mol. The van der Waals surface area contributed by atoms with Crippen molar-refractivity contribution in [3.63, 3.8) is 0 Å². The van der Waals surface area contributed by atoms with Gasteiger partial charge in [0.1, 0.15) is 0 Å². The Kier molecular flexibility index (Phi) is 6.34. The molecule has 0 aliphatic heterocycles. The van der Waals surface area contributed by atoms with Crippen LogP contribution in [0.4, 0.5) is 0 Å². The SMILES string of the molecule is CSCCSC(C)C. The van der Waals surface area contributed by atoms with E-state index in [-0.39, 0.29) is 0 Å². The summed E-state index contributed by atoms with van der Waals surface area (Å²) in [6, 6.07) is 0. The van der Waals surface area contributed by atoms with E-state index in [9.17, 15) is 0 Å². The Labute approximate surface area is 60.8 Å². The fraction of sp³-hybridized carbons (Fsp3) is 1.00. The zero-order chi connectivity index (χ0) is 6.41. The maximum Gasteiger partial charge on any atom is 0.00260 e. The molecule has 0 nitrogen and oxygen atoms in total. The Bertz CT molecular complexity index is 43.8. The lowest BCUT2D eigenvalue weighted by Gasteiger charge is -2.00. The fourth-order valence-electron chi connectivity index (χ4n) is 0.367. The Balaban J connectivity index is 2.72. The van der Waals surface area contributed by atoms with Gasteiger partial charge >= 0.3 is 0 Å². The van der Waals surface area contributed by atoms with Gasteiger partial charge in [0.15, 0.2) is 0 Å². The lowest BCUT2D eigenvalue weighted by atomic mass is 10.6. The first-order valence-corrected chi connectivity index (χ1v) is 5.32.